The molecule has 0 aliphatic carbocycles. The van der Waals surface area contributed by atoms with E-state index in [1.807, 2.05) is 0 Å². The molecule has 2 aliphatic heterocycles. The Labute approximate surface area is 78.6 Å². The van der Waals surface area contributed by atoms with Gasteiger partial charge in [0.25, 0.3) is 0 Å². The van der Waals surface area contributed by atoms with Gasteiger partial charge in [0.1, 0.15) is 0 Å². The van der Waals surface area contributed by atoms with E-state index in [4.69, 9.17) is 0 Å². The van der Waals surface area contributed by atoms with E-state index in [9.17, 15) is 13.5 Å². The van der Waals surface area contributed by atoms with Crippen molar-refractivity contribution in [3.8, 4) is 0 Å². The zero-order chi connectivity index (χ0) is 9.64. The van der Waals surface area contributed by atoms with E-state index in [0.717, 1.165) is 12.8 Å². The van der Waals surface area contributed by atoms with Gasteiger partial charge in [0.2, 0.25) is 10.0 Å². The topological polar surface area (TPSA) is 57.6 Å². The Balaban J connectivity index is 2.25. The molecule has 13 heavy (non-hydrogen) atoms. The first-order valence-corrected chi connectivity index (χ1v) is 6.50. The summed E-state index contributed by atoms with van der Waals surface area (Å²) in [5, 5.41) is 9.45. The first-order chi connectivity index (χ1) is 5.98. The van der Waals surface area contributed by atoms with Crippen molar-refractivity contribution in [3.63, 3.8) is 0 Å². The second-order valence-corrected chi connectivity index (χ2v) is 5.99. The molecule has 2 fully saturated rings. The number of aliphatic hydroxyl groups excluding tert-OH is 1. The summed E-state index contributed by atoms with van der Waals surface area (Å²) in [5.41, 5.74) is 0. The largest absolute Gasteiger partial charge is 0.393 e. The van der Waals surface area contributed by atoms with E-state index < -0.39 is 10.0 Å². The van der Waals surface area contributed by atoms with Gasteiger partial charge in [-0.25, -0.2) is 8.42 Å². The number of sulfonamides is 1. The summed E-state index contributed by atoms with van der Waals surface area (Å²) in [6.45, 7) is 0. The van der Waals surface area contributed by atoms with Gasteiger partial charge in [-0.1, -0.05) is 0 Å². The number of aliphatic hydroxyl groups is 1. The molecule has 0 aromatic rings. The first kappa shape index (κ1) is 9.43. The van der Waals surface area contributed by atoms with Crippen LogP contribution in [-0.4, -0.2) is 42.3 Å². The highest BCUT2D eigenvalue weighted by Gasteiger charge is 2.44. The SMILES string of the molecule is CS(=O)(=O)N1[C@@H]2CC[C@H]1C[C@H](O)C2. The van der Waals surface area contributed by atoms with Crippen molar-refractivity contribution in [2.75, 3.05) is 6.26 Å². The molecule has 0 saturated carbocycles. The molecular weight excluding hydrogens is 190 g/mol. The molecule has 0 radical (unpaired) electrons. The van der Waals surface area contributed by atoms with Crippen LogP contribution in [0, 0.1) is 0 Å². The molecule has 1 N–H and O–H groups in total. The van der Waals surface area contributed by atoms with E-state index >= 15 is 0 Å². The molecule has 2 bridgehead atoms. The zero-order valence-corrected chi connectivity index (χ0v) is 8.50. The van der Waals surface area contributed by atoms with Gasteiger partial charge in [0.15, 0.2) is 0 Å². The second-order valence-electron chi connectivity index (χ2n) is 4.10. The highest BCUT2D eigenvalue weighted by atomic mass is 32.2. The Hall–Kier alpha value is -0.130. The van der Waals surface area contributed by atoms with E-state index in [2.05, 4.69) is 0 Å². The van der Waals surface area contributed by atoms with Gasteiger partial charge in [-0.15, -0.1) is 0 Å². The Morgan fingerprint density at radius 3 is 2.08 bits per heavy atom. The molecule has 76 valence electrons. The Morgan fingerprint density at radius 1 is 1.23 bits per heavy atom. The molecule has 2 aliphatic rings. The fraction of sp³-hybridized carbons (Fsp3) is 1.00. The number of hydrogen-bond donors (Lipinski definition) is 1. The Kier molecular flexibility index (Phi) is 2.13. The van der Waals surface area contributed by atoms with Gasteiger partial charge in [-0.3, -0.25) is 0 Å². The number of piperidine rings is 1. The van der Waals surface area contributed by atoms with Gasteiger partial charge in [0.05, 0.1) is 12.4 Å². The lowest BCUT2D eigenvalue weighted by molar-refractivity contribution is 0.0772. The number of fused-ring (bicyclic) bond motifs is 2. The smallest absolute Gasteiger partial charge is 0.211 e. The highest BCUT2D eigenvalue weighted by molar-refractivity contribution is 7.88. The summed E-state index contributed by atoms with van der Waals surface area (Å²) in [4.78, 5) is 0. The molecule has 0 aromatic carbocycles. The van der Waals surface area contributed by atoms with Crippen molar-refractivity contribution in [2.24, 2.45) is 0 Å². The third-order valence-corrected chi connectivity index (χ3v) is 4.39. The Morgan fingerprint density at radius 2 is 1.69 bits per heavy atom. The molecule has 0 unspecified atom stereocenters. The third-order valence-electron chi connectivity index (χ3n) is 3.02. The van der Waals surface area contributed by atoms with Crippen LogP contribution in [0.3, 0.4) is 0 Å². The number of hydrogen-bond acceptors (Lipinski definition) is 3. The quantitative estimate of drug-likeness (QED) is 0.652. The van der Waals surface area contributed by atoms with Gasteiger partial charge >= 0.3 is 0 Å². The lowest BCUT2D eigenvalue weighted by atomic mass is 10.0. The summed E-state index contributed by atoms with van der Waals surface area (Å²) < 4.78 is 24.4. The predicted octanol–water partition coefficient (Wildman–Crippen LogP) is -0.0663. The van der Waals surface area contributed by atoms with Gasteiger partial charge in [-0.05, 0) is 25.7 Å². The maximum atomic E-state index is 11.4. The summed E-state index contributed by atoms with van der Waals surface area (Å²) in [6.07, 6.45) is 4.02. The molecule has 2 heterocycles. The Bertz CT molecular complexity index is 287. The minimum absolute atomic E-state index is 0.0590. The lowest BCUT2D eigenvalue weighted by Crippen LogP contribution is -2.47. The summed E-state index contributed by atoms with van der Waals surface area (Å²) >= 11 is 0. The molecule has 0 amide bonds. The maximum absolute atomic E-state index is 11.4. The third kappa shape index (κ3) is 1.60. The zero-order valence-electron chi connectivity index (χ0n) is 7.68. The van der Waals surface area contributed by atoms with E-state index in [1.165, 1.54) is 6.26 Å². The molecule has 2 saturated heterocycles. The minimum Gasteiger partial charge on any atom is -0.393 e. The van der Waals surface area contributed by atoms with Crippen molar-refractivity contribution >= 4 is 10.0 Å². The average molecular weight is 205 g/mol. The highest BCUT2D eigenvalue weighted by Crippen LogP contribution is 2.37. The van der Waals surface area contributed by atoms with Crippen molar-refractivity contribution in [3.05, 3.63) is 0 Å². The van der Waals surface area contributed by atoms with Crippen LogP contribution < -0.4 is 0 Å². The van der Waals surface area contributed by atoms with Crippen molar-refractivity contribution in [1.29, 1.82) is 0 Å². The van der Waals surface area contributed by atoms with Crippen LogP contribution in [0.2, 0.25) is 0 Å². The van der Waals surface area contributed by atoms with Gasteiger partial charge < -0.3 is 5.11 Å². The normalized spacial score (nSPS) is 40.9. The van der Waals surface area contributed by atoms with Crippen LogP contribution in [-0.2, 0) is 10.0 Å². The van der Waals surface area contributed by atoms with Gasteiger partial charge in [0, 0.05) is 12.1 Å². The second kappa shape index (κ2) is 2.93. The summed E-state index contributed by atoms with van der Waals surface area (Å²) in [6, 6.07) is 0.118. The van der Waals surface area contributed by atoms with E-state index in [-0.39, 0.29) is 18.2 Å². The van der Waals surface area contributed by atoms with Gasteiger partial charge in [-0.2, -0.15) is 4.31 Å². The van der Waals surface area contributed by atoms with Crippen LogP contribution in [0.4, 0.5) is 0 Å². The van der Waals surface area contributed by atoms with Crippen LogP contribution in [0.1, 0.15) is 25.7 Å². The average Bonchev–Trinajstić information content (AvgIpc) is 2.23. The fourth-order valence-corrected chi connectivity index (χ4v) is 4.11. The van der Waals surface area contributed by atoms with E-state index in [1.54, 1.807) is 4.31 Å². The van der Waals surface area contributed by atoms with Crippen molar-refractivity contribution in [2.45, 2.75) is 43.9 Å². The van der Waals surface area contributed by atoms with Crippen LogP contribution in [0.25, 0.3) is 0 Å². The standard InChI is InChI=1S/C8H15NO3S/c1-13(11,12)9-6-2-3-7(9)5-8(10)4-6/h6-8,10H,2-5H2,1H3/t6-,7+,8-. The van der Waals surface area contributed by atoms with E-state index in [0.29, 0.717) is 12.8 Å². The molecule has 3 atom stereocenters. The van der Waals surface area contributed by atoms with Crippen LogP contribution >= 0.6 is 0 Å². The monoisotopic (exact) mass is 205 g/mol. The van der Waals surface area contributed by atoms with Crippen LogP contribution in [0.5, 0.6) is 0 Å². The van der Waals surface area contributed by atoms with Crippen molar-refractivity contribution < 1.29 is 13.5 Å². The molecular formula is C8H15NO3S. The maximum Gasteiger partial charge on any atom is 0.211 e. The predicted molar refractivity (Wildman–Crippen MR) is 48.7 cm³/mol. The fourth-order valence-electron chi connectivity index (χ4n) is 2.65. The number of nitrogens with zero attached hydrogens (tertiary/aromatic N) is 1. The molecule has 0 spiro atoms. The molecule has 2 rings (SSSR count). The minimum atomic E-state index is -3.06. The summed E-state index contributed by atoms with van der Waals surface area (Å²) in [7, 11) is -3.06. The molecule has 0 aromatic heterocycles. The lowest BCUT2D eigenvalue weighted by Gasteiger charge is -2.34. The first-order valence-electron chi connectivity index (χ1n) is 4.65. The van der Waals surface area contributed by atoms with Crippen molar-refractivity contribution in [1.82, 2.24) is 4.31 Å². The molecule has 5 heteroatoms. The number of rotatable bonds is 1. The van der Waals surface area contributed by atoms with Crippen LogP contribution in [0.15, 0.2) is 0 Å². The summed E-state index contributed by atoms with van der Waals surface area (Å²) in [5.74, 6) is 0. The molecule has 4 nitrogen and oxygen atoms in total.